The lowest BCUT2D eigenvalue weighted by Gasteiger charge is -2.20. The zero-order valence-corrected chi connectivity index (χ0v) is 6.88. The Morgan fingerprint density at radius 2 is 2.20 bits per heavy atom. The van der Waals surface area contributed by atoms with Gasteiger partial charge >= 0.3 is 0 Å². The van der Waals surface area contributed by atoms with Gasteiger partial charge in [-0.1, -0.05) is 6.08 Å². The van der Waals surface area contributed by atoms with Crippen LogP contribution in [-0.2, 0) is 0 Å². The largest absolute Gasteiger partial charge is 0.400 e. The highest BCUT2D eigenvalue weighted by molar-refractivity contribution is 4.86. The Kier molecular flexibility index (Phi) is 6.29. The van der Waals surface area contributed by atoms with Gasteiger partial charge in [-0.2, -0.15) is 0 Å². The van der Waals surface area contributed by atoms with Crippen molar-refractivity contribution in [1.29, 1.82) is 0 Å². The summed E-state index contributed by atoms with van der Waals surface area (Å²) < 4.78 is 0. The average Bonchev–Trinajstić information content (AvgIpc) is 2.10. The van der Waals surface area contributed by atoms with Crippen molar-refractivity contribution >= 4 is 0 Å². The monoisotopic (exact) mass is 143 g/mol. The zero-order valence-electron chi connectivity index (χ0n) is 6.88. The molecule has 0 radical (unpaired) electrons. The number of hydrogen-bond donors (Lipinski definition) is 1. The van der Waals surface area contributed by atoms with E-state index in [4.69, 9.17) is 5.11 Å². The number of allylic oxidation sites excluding steroid dienone is 1. The fraction of sp³-hybridized carbons (Fsp3) is 0.750. The molecule has 0 bridgehead atoms. The molecule has 1 heterocycles. The summed E-state index contributed by atoms with van der Waals surface area (Å²) in [5.74, 6) is 0. The van der Waals surface area contributed by atoms with Gasteiger partial charge in [0, 0.05) is 20.2 Å². The molecule has 0 saturated heterocycles. The molecule has 1 aliphatic heterocycles. The third-order valence-corrected chi connectivity index (χ3v) is 1.54. The molecule has 2 nitrogen and oxygen atoms in total. The highest BCUT2D eigenvalue weighted by atomic mass is 16.2. The normalized spacial score (nSPS) is 16.1. The van der Waals surface area contributed by atoms with Crippen molar-refractivity contribution in [1.82, 2.24) is 4.90 Å². The number of aliphatic hydroxyl groups is 1. The first-order valence-electron chi connectivity index (χ1n) is 3.79. The van der Waals surface area contributed by atoms with Crippen LogP contribution >= 0.6 is 0 Å². The molecular weight excluding hydrogens is 126 g/mol. The molecule has 0 aromatic rings. The van der Waals surface area contributed by atoms with Gasteiger partial charge in [-0.15, -0.1) is 0 Å². The van der Waals surface area contributed by atoms with E-state index in [0.29, 0.717) is 0 Å². The Bertz CT molecular complexity index is 91.3. The van der Waals surface area contributed by atoms with Crippen LogP contribution < -0.4 is 0 Å². The Balaban J connectivity index is 0.000000371. The molecule has 0 atom stereocenters. The maximum absolute atomic E-state index is 7.00. The Labute approximate surface area is 63.2 Å². The summed E-state index contributed by atoms with van der Waals surface area (Å²) in [5.41, 5.74) is 0. The second kappa shape index (κ2) is 6.62. The van der Waals surface area contributed by atoms with Gasteiger partial charge in [-0.3, -0.25) is 0 Å². The lowest BCUT2D eigenvalue weighted by Crippen LogP contribution is -2.19. The van der Waals surface area contributed by atoms with Gasteiger partial charge in [0.2, 0.25) is 0 Å². The summed E-state index contributed by atoms with van der Waals surface area (Å²) >= 11 is 0. The summed E-state index contributed by atoms with van der Waals surface area (Å²) in [6.45, 7) is 4.61. The van der Waals surface area contributed by atoms with Crippen LogP contribution in [-0.4, -0.2) is 30.2 Å². The van der Waals surface area contributed by atoms with Crippen LogP contribution in [0.25, 0.3) is 0 Å². The van der Waals surface area contributed by atoms with E-state index in [-0.39, 0.29) is 0 Å². The van der Waals surface area contributed by atoms with E-state index in [2.05, 4.69) is 24.1 Å². The van der Waals surface area contributed by atoms with Crippen molar-refractivity contribution in [2.75, 3.05) is 20.2 Å². The van der Waals surface area contributed by atoms with E-state index in [1.54, 1.807) is 0 Å². The summed E-state index contributed by atoms with van der Waals surface area (Å²) in [4.78, 5) is 2.34. The van der Waals surface area contributed by atoms with E-state index in [1.165, 1.54) is 19.4 Å². The molecule has 0 amide bonds. The summed E-state index contributed by atoms with van der Waals surface area (Å²) in [7, 11) is 1.00. The number of nitrogens with zero attached hydrogens (tertiary/aromatic N) is 1. The van der Waals surface area contributed by atoms with Crippen molar-refractivity contribution in [2.24, 2.45) is 0 Å². The fourth-order valence-electron chi connectivity index (χ4n) is 0.974. The molecule has 1 rings (SSSR count). The van der Waals surface area contributed by atoms with Crippen LogP contribution in [0.15, 0.2) is 12.3 Å². The van der Waals surface area contributed by atoms with Crippen molar-refractivity contribution in [2.45, 2.75) is 19.8 Å². The molecule has 2 heteroatoms. The first kappa shape index (κ1) is 9.50. The van der Waals surface area contributed by atoms with Crippen molar-refractivity contribution in [3.8, 4) is 0 Å². The fourth-order valence-corrected chi connectivity index (χ4v) is 0.974. The number of rotatable bonds is 1. The number of hydrogen-bond acceptors (Lipinski definition) is 2. The summed E-state index contributed by atoms with van der Waals surface area (Å²) in [6, 6.07) is 0. The van der Waals surface area contributed by atoms with Gasteiger partial charge in [0.15, 0.2) is 0 Å². The van der Waals surface area contributed by atoms with Gasteiger partial charge < -0.3 is 10.0 Å². The minimum Gasteiger partial charge on any atom is -0.400 e. The lowest BCUT2D eigenvalue weighted by atomic mass is 10.2. The minimum atomic E-state index is 1.00. The Hall–Kier alpha value is -0.500. The van der Waals surface area contributed by atoms with Crippen LogP contribution in [0.1, 0.15) is 19.8 Å². The maximum atomic E-state index is 7.00. The van der Waals surface area contributed by atoms with Gasteiger partial charge in [0.25, 0.3) is 0 Å². The van der Waals surface area contributed by atoms with E-state index in [1.807, 2.05) is 0 Å². The second-order valence-electron chi connectivity index (χ2n) is 2.16. The first-order valence-corrected chi connectivity index (χ1v) is 3.79. The highest BCUT2D eigenvalue weighted by Crippen LogP contribution is 2.03. The van der Waals surface area contributed by atoms with Crippen molar-refractivity contribution in [3.63, 3.8) is 0 Å². The Morgan fingerprint density at radius 3 is 2.50 bits per heavy atom. The van der Waals surface area contributed by atoms with E-state index < -0.39 is 0 Å². The van der Waals surface area contributed by atoms with Crippen LogP contribution in [0.5, 0.6) is 0 Å². The molecule has 0 spiro atoms. The molecular formula is C8H17NO. The topological polar surface area (TPSA) is 23.5 Å². The zero-order chi connectivity index (χ0) is 7.82. The maximum Gasteiger partial charge on any atom is 0.0319 e. The van der Waals surface area contributed by atoms with Crippen LogP contribution in [0.3, 0.4) is 0 Å². The van der Waals surface area contributed by atoms with Gasteiger partial charge in [-0.25, -0.2) is 0 Å². The van der Waals surface area contributed by atoms with Crippen LogP contribution in [0, 0.1) is 0 Å². The number of aliphatic hydroxyl groups excluding tert-OH is 1. The molecule has 1 N–H and O–H groups in total. The highest BCUT2D eigenvalue weighted by Gasteiger charge is 1.97. The third kappa shape index (κ3) is 3.51. The first-order chi connectivity index (χ1) is 4.93. The molecule has 1 aliphatic rings. The SMILES string of the molecule is CCN1C=CCCC1.CO. The van der Waals surface area contributed by atoms with E-state index in [9.17, 15) is 0 Å². The second-order valence-corrected chi connectivity index (χ2v) is 2.16. The van der Waals surface area contributed by atoms with Gasteiger partial charge in [-0.05, 0) is 26.0 Å². The van der Waals surface area contributed by atoms with E-state index in [0.717, 1.165) is 13.7 Å². The van der Waals surface area contributed by atoms with Crippen LogP contribution in [0.4, 0.5) is 0 Å². The molecule has 0 aromatic heterocycles. The molecule has 60 valence electrons. The lowest BCUT2D eigenvalue weighted by molar-refractivity contribution is 0.373. The van der Waals surface area contributed by atoms with E-state index >= 15 is 0 Å². The third-order valence-electron chi connectivity index (χ3n) is 1.54. The summed E-state index contributed by atoms with van der Waals surface area (Å²) in [5, 5.41) is 7.00. The Morgan fingerprint density at radius 1 is 1.50 bits per heavy atom. The molecule has 0 saturated carbocycles. The predicted octanol–water partition coefficient (Wildman–Crippen LogP) is 1.22. The molecule has 0 aliphatic carbocycles. The summed E-state index contributed by atoms with van der Waals surface area (Å²) in [6.07, 6.45) is 7.05. The molecule has 0 unspecified atom stereocenters. The van der Waals surface area contributed by atoms with Gasteiger partial charge in [0.05, 0.1) is 0 Å². The molecule has 0 fully saturated rings. The van der Waals surface area contributed by atoms with Crippen molar-refractivity contribution in [3.05, 3.63) is 12.3 Å². The quantitative estimate of drug-likeness (QED) is 0.596. The molecule has 10 heavy (non-hydrogen) atoms. The minimum absolute atomic E-state index is 1.00. The molecule has 0 aromatic carbocycles. The standard InChI is InChI=1S/C7H13N.CH4O/c1-2-8-6-4-3-5-7-8;1-2/h4,6H,2-3,5,7H2,1H3;2H,1H3. The smallest absolute Gasteiger partial charge is 0.0319 e. The van der Waals surface area contributed by atoms with Gasteiger partial charge in [0.1, 0.15) is 0 Å². The van der Waals surface area contributed by atoms with Crippen molar-refractivity contribution < 1.29 is 5.11 Å². The average molecular weight is 143 g/mol. The van der Waals surface area contributed by atoms with Crippen LogP contribution in [0.2, 0.25) is 0 Å². The predicted molar refractivity (Wildman–Crippen MR) is 43.8 cm³/mol.